The quantitative estimate of drug-likeness (QED) is 0.787. The zero-order chi connectivity index (χ0) is 18.5. The topological polar surface area (TPSA) is 83.0 Å². The van der Waals surface area contributed by atoms with Crippen LogP contribution in [0.25, 0.3) is 0 Å². The Bertz CT molecular complexity index is 765. The molecule has 1 aliphatic rings. The monoisotopic (exact) mass is 410 g/mol. The molecule has 0 unspecified atom stereocenters. The van der Waals surface area contributed by atoms with E-state index in [9.17, 15) is 4.79 Å². The van der Waals surface area contributed by atoms with Crippen LogP contribution in [0, 0.1) is 0 Å². The minimum Gasteiger partial charge on any atom is -0.363 e. The molecular weight excluding hydrogens is 387 g/mol. The Morgan fingerprint density at radius 3 is 2.44 bits per heavy atom. The van der Waals surface area contributed by atoms with Gasteiger partial charge in [0, 0.05) is 43.6 Å². The van der Waals surface area contributed by atoms with Gasteiger partial charge in [-0.1, -0.05) is 11.6 Å². The predicted molar refractivity (Wildman–Crippen MR) is 110 cm³/mol. The summed E-state index contributed by atoms with van der Waals surface area (Å²) in [5, 5.41) is 6.95. The van der Waals surface area contributed by atoms with Gasteiger partial charge in [0.1, 0.15) is 11.5 Å². The summed E-state index contributed by atoms with van der Waals surface area (Å²) in [6.07, 6.45) is 7.00. The van der Waals surface area contributed by atoms with Gasteiger partial charge in [0.25, 0.3) is 5.91 Å². The van der Waals surface area contributed by atoms with E-state index < -0.39 is 0 Å². The van der Waals surface area contributed by atoms with Gasteiger partial charge in [0.05, 0.1) is 0 Å². The van der Waals surface area contributed by atoms with Crippen molar-refractivity contribution in [2.75, 3.05) is 24.3 Å². The number of hydrogen-bond donors (Lipinski definition) is 2. The lowest BCUT2D eigenvalue weighted by atomic mass is 9.91. The molecule has 0 atom stereocenters. The number of pyridine rings is 1. The van der Waals surface area contributed by atoms with E-state index in [-0.39, 0.29) is 24.4 Å². The van der Waals surface area contributed by atoms with E-state index in [1.807, 2.05) is 25.1 Å². The molecule has 27 heavy (non-hydrogen) atoms. The third kappa shape index (κ3) is 5.94. The van der Waals surface area contributed by atoms with Gasteiger partial charge in [-0.25, -0.2) is 4.98 Å². The van der Waals surface area contributed by atoms with Crippen molar-refractivity contribution >= 4 is 41.7 Å². The van der Waals surface area contributed by atoms with Gasteiger partial charge in [-0.3, -0.25) is 9.78 Å². The van der Waals surface area contributed by atoms with E-state index in [0.717, 1.165) is 31.5 Å². The molecule has 0 saturated heterocycles. The molecule has 2 aromatic rings. The lowest BCUT2D eigenvalue weighted by molar-refractivity contribution is 0.0921. The summed E-state index contributed by atoms with van der Waals surface area (Å²) in [5.41, 5.74) is 0.353. The van der Waals surface area contributed by atoms with Gasteiger partial charge in [-0.05, 0) is 43.9 Å². The highest BCUT2D eigenvalue weighted by atomic mass is 35.5. The molecule has 1 fully saturated rings. The number of amides is 1. The first kappa shape index (κ1) is 21.2. The smallest absolute Gasteiger partial charge is 0.270 e. The van der Waals surface area contributed by atoms with Crippen molar-refractivity contribution in [3.63, 3.8) is 0 Å². The Balaban J connectivity index is 0.00000261. The van der Waals surface area contributed by atoms with Crippen LogP contribution in [-0.2, 0) is 0 Å². The van der Waals surface area contributed by atoms with Crippen LogP contribution in [-0.4, -0.2) is 47.0 Å². The summed E-state index contributed by atoms with van der Waals surface area (Å²) in [5.74, 6) is 1.34. The third-order valence-electron chi connectivity index (χ3n) is 4.45. The van der Waals surface area contributed by atoms with Crippen molar-refractivity contribution in [3.05, 3.63) is 41.3 Å². The van der Waals surface area contributed by atoms with Crippen molar-refractivity contribution in [2.24, 2.45) is 0 Å². The van der Waals surface area contributed by atoms with Crippen molar-refractivity contribution in [3.8, 4) is 0 Å². The SMILES string of the molecule is CN(C)c1ccnc(NC2CCC(NC(=O)c3cc(Cl)ccn3)CC2)n1.Cl. The molecular formula is C18H24Cl2N6O. The lowest BCUT2D eigenvalue weighted by Gasteiger charge is -2.29. The second-order valence-electron chi connectivity index (χ2n) is 6.66. The first-order valence-corrected chi connectivity index (χ1v) is 9.08. The Morgan fingerprint density at radius 2 is 1.78 bits per heavy atom. The highest BCUT2D eigenvalue weighted by Crippen LogP contribution is 2.22. The first-order chi connectivity index (χ1) is 12.5. The molecule has 0 aliphatic heterocycles. The van der Waals surface area contributed by atoms with Crippen LogP contribution < -0.4 is 15.5 Å². The number of aromatic nitrogens is 3. The Hall–Kier alpha value is -2.12. The number of anilines is 2. The minimum atomic E-state index is -0.175. The van der Waals surface area contributed by atoms with Crippen LogP contribution in [0.2, 0.25) is 5.02 Å². The van der Waals surface area contributed by atoms with Crippen molar-refractivity contribution in [1.29, 1.82) is 0 Å². The average molecular weight is 411 g/mol. The van der Waals surface area contributed by atoms with Crippen molar-refractivity contribution in [2.45, 2.75) is 37.8 Å². The highest BCUT2D eigenvalue weighted by Gasteiger charge is 2.23. The predicted octanol–water partition coefficient (Wildman–Crippen LogP) is 3.17. The molecule has 3 rings (SSSR count). The number of nitrogens with zero attached hydrogens (tertiary/aromatic N) is 4. The highest BCUT2D eigenvalue weighted by molar-refractivity contribution is 6.30. The molecule has 9 heteroatoms. The summed E-state index contributed by atoms with van der Waals surface area (Å²) in [4.78, 5) is 27.1. The second kappa shape index (κ2) is 9.71. The Morgan fingerprint density at radius 1 is 1.11 bits per heavy atom. The number of halogens is 2. The number of rotatable bonds is 5. The van der Waals surface area contributed by atoms with Crippen LogP contribution in [0.1, 0.15) is 36.2 Å². The van der Waals surface area contributed by atoms with Gasteiger partial charge >= 0.3 is 0 Å². The van der Waals surface area contributed by atoms with E-state index in [4.69, 9.17) is 11.6 Å². The number of carbonyl (C=O) groups excluding carboxylic acids is 1. The first-order valence-electron chi connectivity index (χ1n) is 8.70. The standard InChI is InChI=1S/C18H23ClN6O.ClH/c1-25(2)16-8-10-21-18(24-16)23-14-5-3-13(4-6-14)22-17(26)15-11-12(19)7-9-20-15;/h7-11,13-14H,3-6H2,1-2H3,(H,22,26)(H,21,23,24);1H. The molecule has 2 heterocycles. The zero-order valence-electron chi connectivity index (χ0n) is 15.4. The Kier molecular flexibility index (Phi) is 7.62. The molecule has 1 saturated carbocycles. The zero-order valence-corrected chi connectivity index (χ0v) is 16.9. The van der Waals surface area contributed by atoms with E-state index >= 15 is 0 Å². The summed E-state index contributed by atoms with van der Waals surface area (Å²) in [6.45, 7) is 0. The normalized spacial score (nSPS) is 18.9. The molecule has 0 bridgehead atoms. The molecule has 2 N–H and O–H groups in total. The molecule has 1 amide bonds. The van der Waals surface area contributed by atoms with Gasteiger partial charge in [0.2, 0.25) is 5.95 Å². The van der Waals surface area contributed by atoms with Crippen LogP contribution in [0.3, 0.4) is 0 Å². The van der Waals surface area contributed by atoms with E-state index in [2.05, 4.69) is 25.6 Å². The van der Waals surface area contributed by atoms with Crippen LogP contribution in [0.15, 0.2) is 30.6 Å². The van der Waals surface area contributed by atoms with Gasteiger partial charge in [-0.15, -0.1) is 12.4 Å². The summed E-state index contributed by atoms with van der Waals surface area (Å²) in [7, 11) is 3.91. The van der Waals surface area contributed by atoms with Crippen LogP contribution in [0.4, 0.5) is 11.8 Å². The third-order valence-corrected chi connectivity index (χ3v) is 4.68. The van der Waals surface area contributed by atoms with Gasteiger partial charge in [0.15, 0.2) is 0 Å². The fraction of sp³-hybridized carbons (Fsp3) is 0.444. The van der Waals surface area contributed by atoms with Crippen molar-refractivity contribution in [1.82, 2.24) is 20.3 Å². The molecule has 7 nitrogen and oxygen atoms in total. The van der Waals surface area contributed by atoms with Gasteiger partial charge < -0.3 is 15.5 Å². The van der Waals surface area contributed by atoms with Crippen molar-refractivity contribution < 1.29 is 4.79 Å². The van der Waals surface area contributed by atoms with E-state index in [1.54, 1.807) is 24.5 Å². The van der Waals surface area contributed by atoms with Crippen LogP contribution in [0.5, 0.6) is 0 Å². The summed E-state index contributed by atoms with van der Waals surface area (Å²) < 4.78 is 0. The van der Waals surface area contributed by atoms with E-state index in [1.165, 1.54) is 0 Å². The maximum Gasteiger partial charge on any atom is 0.270 e. The lowest BCUT2D eigenvalue weighted by Crippen LogP contribution is -2.40. The minimum absolute atomic E-state index is 0. The van der Waals surface area contributed by atoms with E-state index in [0.29, 0.717) is 22.7 Å². The number of nitrogens with one attached hydrogen (secondary N) is 2. The fourth-order valence-corrected chi connectivity index (χ4v) is 3.18. The second-order valence-corrected chi connectivity index (χ2v) is 7.09. The molecule has 1 aliphatic carbocycles. The molecule has 0 spiro atoms. The fourth-order valence-electron chi connectivity index (χ4n) is 3.02. The number of carbonyl (C=O) groups is 1. The largest absolute Gasteiger partial charge is 0.363 e. The summed E-state index contributed by atoms with van der Waals surface area (Å²) >= 11 is 5.92. The average Bonchev–Trinajstić information content (AvgIpc) is 2.63. The maximum absolute atomic E-state index is 12.3. The Labute approximate surface area is 170 Å². The molecule has 146 valence electrons. The maximum atomic E-state index is 12.3. The molecule has 0 aromatic carbocycles. The number of hydrogen-bond acceptors (Lipinski definition) is 6. The van der Waals surface area contributed by atoms with Crippen LogP contribution >= 0.6 is 24.0 Å². The summed E-state index contributed by atoms with van der Waals surface area (Å²) in [6, 6.07) is 5.57. The molecule has 2 aromatic heterocycles. The van der Waals surface area contributed by atoms with Gasteiger partial charge in [-0.2, -0.15) is 4.98 Å². The molecule has 0 radical (unpaired) electrons.